The van der Waals surface area contributed by atoms with Gasteiger partial charge in [-0.25, -0.2) is 9.69 Å². The van der Waals surface area contributed by atoms with E-state index in [2.05, 4.69) is 13.8 Å². The average molecular weight is 275 g/mol. The minimum Gasteiger partial charge on any atom is -0.439 e. The molecule has 1 aromatic rings. The van der Waals surface area contributed by atoms with Crippen LogP contribution in [-0.4, -0.2) is 22.9 Å². The van der Waals surface area contributed by atoms with Crippen molar-refractivity contribution in [1.29, 1.82) is 0 Å². The third kappa shape index (κ3) is 3.00. The Hall–Kier alpha value is -1.84. The summed E-state index contributed by atoms with van der Waals surface area (Å²) >= 11 is 0. The molecule has 1 fully saturated rings. The van der Waals surface area contributed by atoms with Crippen LogP contribution in [-0.2, 0) is 9.53 Å². The molecule has 20 heavy (non-hydrogen) atoms. The lowest BCUT2D eigenvalue weighted by Gasteiger charge is -2.19. The quantitative estimate of drug-likeness (QED) is 0.844. The highest BCUT2D eigenvalue weighted by Crippen LogP contribution is 2.32. The van der Waals surface area contributed by atoms with Crippen LogP contribution in [0.5, 0.6) is 0 Å². The highest BCUT2D eigenvalue weighted by molar-refractivity contribution is 5.93. The zero-order valence-electron chi connectivity index (χ0n) is 12.2. The second-order valence-electron chi connectivity index (χ2n) is 5.65. The molecule has 0 radical (unpaired) electrons. The summed E-state index contributed by atoms with van der Waals surface area (Å²) in [6, 6.07) is 9.28. The Kier molecular flexibility index (Phi) is 4.42. The van der Waals surface area contributed by atoms with Crippen molar-refractivity contribution in [2.24, 2.45) is 5.92 Å². The Morgan fingerprint density at radius 1 is 1.30 bits per heavy atom. The third-order valence-corrected chi connectivity index (χ3v) is 3.60. The number of rotatable bonds is 4. The van der Waals surface area contributed by atoms with Crippen LogP contribution in [0.1, 0.15) is 45.3 Å². The number of nitrogens with zero attached hydrogens (tertiary/aromatic N) is 1. The first-order valence-electron chi connectivity index (χ1n) is 7.08. The van der Waals surface area contributed by atoms with Crippen molar-refractivity contribution in [2.45, 2.75) is 45.8 Å². The molecular weight excluding hydrogens is 254 g/mol. The van der Waals surface area contributed by atoms with Crippen molar-refractivity contribution in [3.63, 3.8) is 0 Å². The van der Waals surface area contributed by atoms with Crippen LogP contribution in [0.2, 0.25) is 0 Å². The van der Waals surface area contributed by atoms with Gasteiger partial charge in [-0.15, -0.1) is 0 Å². The lowest BCUT2D eigenvalue weighted by Crippen LogP contribution is -2.37. The number of cyclic esters (lactones) is 1. The van der Waals surface area contributed by atoms with Crippen LogP contribution in [0.25, 0.3) is 0 Å². The summed E-state index contributed by atoms with van der Waals surface area (Å²) in [6.45, 7) is 5.98. The zero-order valence-corrected chi connectivity index (χ0v) is 12.2. The van der Waals surface area contributed by atoms with E-state index in [1.165, 1.54) is 4.90 Å². The van der Waals surface area contributed by atoms with E-state index in [1.807, 2.05) is 37.3 Å². The van der Waals surface area contributed by atoms with Gasteiger partial charge in [0, 0.05) is 6.42 Å². The van der Waals surface area contributed by atoms with Gasteiger partial charge in [0.25, 0.3) is 0 Å². The fraction of sp³-hybridized carbons (Fsp3) is 0.500. The normalized spacial score (nSPS) is 22.2. The molecule has 2 amide bonds. The number of hydrogen-bond acceptors (Lipinski definition) is 3. The van der Waals surface area contributed by atoms with E-state index in [0.717, 1.165) is 12.0 Å². The Balaban J connectivity index is 2.09. The predicted octanol–water partition coefficient (Wildman–Crippen LogP) is 3.53. The Labute approximate surface area is 119 Å². The van der Waals surface area contributed by atoms with Crippen LogP contribution >= 0.6 is 0 Å². The number of imide groups is 1. The van der Waals surface area contributed by atoms with E-state index in [4.69, 9.17) is 4.74 Å². The molecule has 1 aliphatic rings. The molecule has 1 aliphatic heterocycles. The fourth-order valence-corrected chi connectivity index (χ4v) is 2.42. The highest BCUT2D eigenvalue weighted by atomic mass is 16.6. The SMILES string of the molecule is CC(C)CCC(=O)N1C(=O)OC(c2ccccc2)C1C. The highest BCUT2D eigenvalue weighted by Gasteiger charge is 2.42. The molecule has 1 aromatic carbocycles. The monoisotopic (exact) mass is 275 g/mol. The number of benzene rings is 1. The summed E-state index contributed by atoms with van der Waals surface area (Å²) in [5.41, 5.74) is 0.924. The van der Waals surface area contributed by atoms with Crippen LogP contribution in [0.15, 0.2) is 30.3 Å². The van der Waals surface area contributed by atoms with Gasteiger partial charge in [-0.05, 0) is 24.8 Å². The van der Waals surface area contributed by atoms with Crippen molar-refractivity contribution >= 4 is 12.0 Å². The average Bonchev–Trinajstić information content (AvgIpc) is 2.72. The first-order chi connectivity index (χ1) is 9.50. The predicted molar refractivity (Wildman–Crippen MR) is 76.0 cm³/mol. The zero-order chi connectivity index (χ0) is 14.7. The van der Waals surface area contributed by atoms with Gasteiger partial charge in [-0.1, -0.05) is 44.2 Å². The Morgan fingerprint density at radius 2 is 1.95 bits per heavy atom. The lowest BCUT2D eigenvalue weighted by molar-refractivity contribution is -0.129. The number of amides is 2. The summed E-state index contributed by atoms with van der Waals surface area (Å²) in [7, 11) is 0. The van der Waals surface area contributed by atoms with Gasteiger partial charge in [-0.2, -0.15) is 0 Å². The maximum absolute atomic E-state index is 12.2. The van der Waals surface area contributed by atoms with Crippen LogP contribution < -0.4 is 0 Å². The van der Waals surface area contributed by atoms with Gasteiger partial charge in [0.05, 0.1) is 6.04 Å². The number of carbonyl (C=O) groups is 2. The minimum absolute atomic E-state index is 0.144. The second-order valence-corrected chi connectivity index (χ2v) is 5.65. The molecule has 1 saturated heterocycles. The molecule has 2 rings (SSSR count). The van der Waals surface area contributed by atoms with Crippen LogP contribution in [0.4, 0.5) is 4.79 Å². The molecule has 2 atom stereocenters. The largest absolute Gasteiger partial charge is 0.439 e. The number of hydrogen-bond donors (Lipinski definition) is 0. The summed E-state index contributed by atoms with van der Waals surface area (Å²) in [5, 5.41) is 0. The van der Waals surface area contributed by atoms with Gasteiger partial charge in [-0.3, -0.25) is 4.79 Å². The van der Waals surface area contributed by atoms with Gasteiger partial charge in [0.2, 0.25) is 5.91 Å². The third-order valence-electron chi connectivity index (χ3n) is 3.60. The van der Waals surface area contributed by atoms with Crippen LogP contribution in [0, 0.1) is 5.92 Å². The fourth-order valence-electron chi connectivity index (χ4n) is 2.42. The summed E-state index contributed by atoms with van der Waals surface area (Å²) in [5.74, 6) is 0.299. The van der Waals surface area contributed by atoms with Gasteiger partial charge in [0.15, 0.2) is 0 Å². The van der Waals surface area contributed by atoms with E-state index >= 15 is 0 Å². The molecule has 0 bridgehead atoms. The van der Waals surface area contributed by atoms with E-state index in [9.17, 15) is 9.59 Å². The van der Waals surface area contributed by atoms with E-state index in [0.29, 0.717) is 12.3 Å². The molecule has 0 spiro atoms. The molecule has 108 valence electrons. The van der Waals surface area contributed by atoms with E-state index in [-0.39, 0.29) is 18.1 Å². The maximum atomic E-state index is 12.2. The van der Waals surface area contributed by atoms with Crippen molar-refractivity contribution in [3.05, 3.63) is 35.9 Å². The van der Waals surface area contributed by atoms with Crippen molar-refractivity contribution in [3.8, 4) is 0 Å². The maximum Gasteiger partial charge on any atom is 0.417 e. The molecule has 2 unspecified atom stereocenters. The molecule has 1 heterocycles. The van der Waals surface area contributed by atoms with Crippen LogP contribution in [0.3, 0.4) is 0 Å². The molecule has 4 heteroatoms. The molecule has 0 saturated carbocycles. The smallest absolute Gasteiger partial charge is 0.417 e. The Bertz CT molecular complexity index is 484. The van der Waals surface area contributed by atoms with Gasteiger partial charge >= 0.3 is 6.09 Å². The Morgan fingerprint density at radius 3 is 2.55 bits per heavy atom. The standard InChI is InChI=1S/C16H21NO3/c1-11(2)9-10-14(18)17-12(3)15(20-16(17)19)13-7-5-4-6-8-13/h4-8,11-12,15H,9-10H2,1-3H3. The molecule has 0 N–H and O–H groups in total. The van der Waals surface area contributed by atoms with Crippen molar-refractivity contribution in [1.82, 2.24) is 4.90 Å². The van der Waals surface area contributed by atoms with E-state index in [1.54, 1.807) is 0 Å². The topological polar surface area (TPSA) is 46.6 Å². The molecular formula is C16H21NO3. The first-order valence-corrected chi connectivity index (χ1v) is 7.08. The number of ether oxygens (including phenoxy) is 1. The summed E-state index contributed by atoms with van der Waals surface area (Å²) in [4.78, 5) is 25.4. The number of carbonyl (C=O) groups excluding carboxylic acids is 2. The molecule has 0 aromatic heterocycles. The summed E-state index contributed by atoms with van der Waals surface area (Å²) < 4.78 is 5.37. The lowest BCUT2D eigenvalue weighted by atomic mass is 10.0. The van der Waals surface area contributed by atoms with Gasteiger partial charge in [0.1, 0.15) is 6.10 Å². The molecule has 0 aliphatic carbocycles. The van der Waals surface area contributed by atoms with E-state index < -0.39 is 6.09 Å². The first kappa shape index (κ1) is 14.6. The second kappa shape index (κ2) is 6.07. The molecule has 4 nitrogen and oxygen atoms in total. The summed E-state index contributed by atoms with van der Waals surface area (Å²) in [6.07, 6.45) is 0.274. The van der Waals surface area contributed by atoms with Gasteiger partial charge < -0.3 is 4.74 Å². The van der Waals surface area contributed by atoms with Crippen molar-refractivity contribution < 1.29 is 14.3 Å². The minimum atomic E-state index is -0.528. The van der Waals surface area contributed by atoms with Crippen molar-refractivity contribution in [2.75, 3.05) is 0 Å².